The number of amides is 2. The highest BCUT2D eigenvalue weighted by Gasteiger charge is 2.36. The summed E-state index contributed by atoms with van der Waals surface area (Å²) >= 11 is 0. The van der Waals surface area contributed by atoms with Crippen molar-refractivity contribution < 1.29 is 18.7 Å². The van der Waals surface area contributed by atoms with Crippen LogP contribution in [-0.4, -0.2) is 43.0 Å². The van der Waals surface area contributed by atoms with Crippen LogP contribution in [-0.2, 0) is 20.9 Å². The van der Waals surface area contributed by atoms with Crippen molar-refractivity contribution in [2.24, 2.45) is 0 Å². The third-order valence-corrected chi connectivity index (χ3v) is 3.36. The molecule has 2 heterocycles. The Labute approximate surface area is 118 Å². The molecule has 1 N–H and O–H groups in total. The van der Waals surface area contributed by atoms with E-state index in [1.165, 1.54) is 0 Å². The number of furan rings is 1. The molecule has 0 unspecified atom stereocenters. The van der Waals surface area contributed by atoms with Gasteiger partial charge in [-0.3, -0.25) is 9.59 Å². The van der Waals surface area contributed by atoms with Gasteiger partial charge < -0.3 is 19.4 Å². The maximum atomic E-state index is 12.1. The Bertz CT molecular complexity index is 483. The molecule has 1 aliphatic rings. The van der Waals surface area contributed by atoms with Crippen LogP contribution in [0.1, 0.15) is 24.4 Å². The molecule has 1 aromatic rings. The quantitative estimate of drug-likeness (QED) is 0.784. The first-order valence-electron chi connectivity index (χ1n) is 6.73. The monoisotopic (exact) mass is 280 g/mol. The summed E-state index contributed by atoms with van der Waals surface area (Å²) in [5, 5.41) is 2.78. The van der Waals surface area contributed by atoms with E-state index in [0.717, 1.165) is 5.76 Å². The summed E-state index contributed by atoms with van der Waals surface area (Å²) in [5.41, 5.74) is 0. The lowest BCUT2D eigenvalue weighted by molar-refractivity contribution is -0.136. The lowest BCUT2D eigenvalue weighted by atomic mass is 10.2. The number of hydrogen-bond acceptors (Lipinski definition) is 4. The van der Waals surface area contributed by atoms with Crippen LogP contribution in [0.4, 0.5) is 0 Å². The molecule has 1 aliphatic heterocycles. The summed E-state index contributed by atoms with van der Waals surface area (Å²) in [5.74, 6) is 1.36. The molecule has 0 saturated carbocycles. The van der Waals surface area contributed by atoms with Crippen LogP contribution in [0.15, 0.2) is 16.5 Å². The normalized spacial score (nSPS) is 18.6. The number of aryl methyl sites for hydroxylation is 1. The van der Waals surface area contributed by atoms with Gasteiger partial charge in [0.2, 0.25) is 11.8 Å². The van der Waals surface area contributed by atoms with Gasteiger partial charge in [-0.2, -0.15) is 0 Å². The fraction of sp³-hybridized carbons (Fsp3) is 0.571. The standard InChI is InChI=1S/C14H20N2O4/c1-10-3-4-11(20-10)9-16-12(5-6-13(16)17)14(18)15-7-8-19-2/h3-4,12H,5-9H2,1-2H3,(H,15,18)/t12-/m1/s1. The molecule has 0 radical (unpaired) electrons. The molecule has 1 atom stereocenters. The first kappa shape index (κ1) is 14.6. The molecule has 1 fully saturated rings. The van der Waals surface area contributed by atoms with E-state index in [4.69, 9.17) is 9.15 Å². The fourth-order valence-corrected chi connectivity index (χ4v) is 2.34. The SMILES string of the molecule is COCCNC(=O)[C@H]1CCC(=O)N1Cc1ccc(C)o1. The van der Waals surface area contributed by atoms with E-state index in [1.54, 1.807) is 12.0 Å². The lowest BCUT2D eigenvalue weighted by Crippen LogP contribution is -2.45. The highest BCUT2D eigenvalue weighted by Crippen LogP contribution is 2.22. The molecule has 6 heteroatoms. The smallest absolute Gasteiger partial charge is 0.242 e. The van der Waals surface area contributed by atoms with Gasteiger partial charge in [0, 0.05) is 20.1 Å². The van der Waals surface area contributed by atoms with Gasteiger partial charge in [0.25, 0.3) is 0 Å². The van der Waals surface area contributed by atoms with E-state index < -0.39 is 6.04 Å². The molecule has 0 spiro atoms. The first-order chi connectivity index (χ1) is 9.61. The lowest BCUT2D eigenvalue weighted by Gasteiger charge is -2.23. The molecule has 2 amide bonds. The Morgan fingerprint density at radius 3 is 3.00 bits per heavy atom. The first-order valence-corrected chi connectivity index (χ1v) is 6.73. The van der Waals surface area contributed by atoms with Crippen molar-refractivity contribution in [2.45, 2.75) is 32.4 Å². The van der Waals surface area contributed by atoms with E-state index >= 15 is 0 Å². The van der Waals surface area contributed by atoms with E-state index in [1.807, 2.05) is 19.1 Å². The Hall–Kier alpha value is -1.82. The Morgan fingerprint density at radius 2 is 2.35 bits per heavy atom. The highest BCUT2D eigenvalue weighted by atomic mass is 16.5. The number of nitrogens with zero attached hydrogens (tertiary/aromatic N) is 1. The number of hydrogen-bond donors (Lipinski definition) is 1. The molecule has 110 valence electrons. The van der Waals surface area contributed by atoms with Gasteiger partial charge in [-0.1, -0.05) is 0 Å². The molecule has 0 aliphatic carbocycles. The van der Waals surface area contributed by atoms with Crippen LogP contribution in [0.25, 0.3) is 0 Å². The second kappa shape index (κ2) is 6.56. The van der Waals surface area contributed by atoms with E-state index in [0.29, 0.717) is 38.3 Å². The van der Waals surface area contributed by atoms with Gasteiger partial charge in [0.05, 0.1) is 13.2 Å². The molecule has 1 saturated heterocycles. The highest BCUT2D eigenvalue weighted by molar-refractivity contribution is 5.90. The van der Waals surface area contributed by atoms with Crippen LogP contribution in [0, 0.1) is 6.92 Å². The Balaban J connectivity index is 1.97. The molecular weight excluding hydrogens is 260 g/mol. The van der Waals surface area contributed by atoms with Gasteiger partial charge in [-0.25, -0.2) is 0 Å². The summed E-state index contributed by atoms with van der Waals surface area (Å²) in [6, 6.07) is 3.27. The largest absolute Gasteiger partial charge is 0.464 e. The number of rotatable bonds is 6. The second-order valence-corrected chi connectivity index (χ2v) is 4.87. The summed E-state index contributed by atoms with van der Waals surface area (Å²) in [6.45, 7) is 3.11. The fourth-order valence-electron chi connectivity index (χ4n) is 2.34. The minimum Gasteiger partial charge on any atom is -0.464 e. The van der Waals surface area contributed by atoms with Crippen LogP contribution in [0.3, 0.4) is 0 Å². The van der Waals surface area contributed by atoms with Gasteiger partial charge in [0.15, 0.2) is 0 Å². The third-order valence-electron chi connectivity index (χ3n) is 3.36. The predicted molar refractivity (Wildman–Crippen MR) is 71.9 cm³/mol. The Kier molecular flexibility index (Phi) is 4.79. The van der Waals surface area contributed by atoms with E-state index in [9.17, 15) is 9.59 Å². The molecular formula is C14H20N2O4. The maximum absolute atomic E-state index is 12.1. The molecule has 0 bridgehead atoms. The number of nitrogens with one attached hydrogen (secondary N) is 1. The molecule has 0 aromatic carbocycles. The molecule has 6 nitrogen and oxygen atoms in total. The maximum Gasteiger partial charge on any atom is 0.242 e. The number of ether oxygens (including phenoxy) is 1. The van der Waals surface area contributed by atoms with Crippen LogP contribution >= 0.6 is 0 Å². The summed E-state index contributed by atoms with van der Waals surface area (Å²) in [4.78, 5) is 25.6. The average Bonchev–Trinajstić information content (AvgIpc) is 2.98. The van der Waals surface area contributed by atoms with Crippen molar-refractivity contribution in [2.75, 3.05) is 20.3 Å². The van der Waals surface area contributed by atoms with Gasteiger partial charge >= 0.3 is 0 Å². The topological polar surface area (TPSA) is 71.8 Å². The number of carbonyl (C=O) groups is 2. The van der Waals surface area contributed by atoms with Gasteiger partial charge in [0.1, 0.15) is 17.6 Å². The zero-order valence-electron chi connectivity index (χ0n) is 11.8. The number of likely N-dealkylation sites (tertiary alicyclic amines) is 1. The minimum absolute atomic E-state index is 0.00838. The molecule has 20 heavy (non-hydrogen) atoms. The van der Waals surface area contributed by atoms with Crippen molar-refractivity contribution in [3.63, 3.8) is 0 Å². The average molecular weight is 280 g/mol. The third kappa shape index (κ3) is 3.39. The van der Waals surface area contributed by atoms with Crippen molar-refractivity contribution in [3.8, 4) is 0 Å². The zero-order valence-corrected chi connectivity index (χ0v) is 11.8. The van der Waals surface area contributed by atoms with Crippen LogP contribution < -0.4 is 5.32 Å². The summed E-state index contributed by atoms with van der Waals surface area (Å²) in [7, 11) is 1.58. The van der Waals surface area contributed by atoms with Crippen molar-refractivity contribution >= 4 is 11.8 Å². The van der Waals surface area contributed by atoms with Crippen molar-refractivity contribution in [3.05, 3.63) is 23.7 Å². The van der Waals surface area contributed by atoms with Crippen LogP contribution in [0.5, 0.6) is 0 Å². The van der Waals surface area contributed by atoms with Gasteiger partial charge in [-0.15, -0.1) is 0 Å². The number of methoxy groups -OCH3 is 1. The zero-order chi connectivity index (χ0) is 14.5. The van der Waals surface area contributed by atoms with Crippen molar-refractivity contribution in [1.82, 2.24) is 10.2 Å². The summed E-state index contributed by atoms with van der Waals surface area (Å²) in [6.07, 6.45) is 0.958. The molecule has 2 rings (SSSR count). The molecule has 1 aromatic heterocycles. The second-order valence-electron chi connectivity index (χ2n) is 4.87. The summed E-state index contributed by atoms with van der Waals surface area (Å²) < 4.78 is 10.4. The van der Waals surface area contributed by atoms with Gasteiger partial charge in [-0.05, 0) is 25.5 Å². The van der Waals surface area contributed by atoms with Crippen molar-refractivity contribution in [1.29, 1.82) is 0 Å². The number of carbonyl (C=O) groups excluding carboxylic acids is 2. The van der Waals surface area contributed by atoms with Crippen LogP contribution in [0.2, 0.25) is 0 Å². The minimum atomic E-state index is -0.412. The van der Waals surface area contributed by atoms with E-state index in [2.05, 4.69) is 5.32 Å². The predicted octanol–water partition coefficient (Wildman–Crippen LogP) is 0.842. The Morgan fingerprint density at radius 1 is 1.55 bits per heavy atom. The van der Waals surface area contributed by atoms with E-state index in [-0.39, 0.29) is 11.8 Å².